The van der Waals surface area contributed by atoms with Crippen molar-refractivity contribution in [2.75, 3.05) is 19.6 Å². The minimum Gasteiger partial charge on any atom is -0.387 e. The van der Waals surface area contributed by atoms with E-state index in [4.69, 9.17) is 27.9 Å². The summed E-state index contributed by atoms with van der Waals surface area (Å²) in [6, 6.07) is 0. The first kappa shape index (κ1) is 13.8. The molecule has 1 aromatic heterocycles. The summed E-state index contributed by atoms with van der Waals surface area (Å²) >= 11 is 11.6. The molecule has 0 aliphatic rings. The lowest BCUT2D eigenvalue weighted by atomic mass is 10.1. The lowest BCUT2D eigenvalue weighted by Gasteiger charge is -2.13. The summed E-state index contributed by atoms with van der Waals surface area (Å²) in [7, 11) is 1.62. The van der Waals surface area contributed by atoms with Crippen molar-refractivity contribution >= 4 is 23.2 Å². The van der Waals surface area contributed by atoms with E-state index in [1.165, 1.54) is 6.20 Å². The Morgan fingerprint density at radius 1 is 1.62 bits per heavy atom. The Hall–Kier alpha value is -0.290. The molecule has 1 rings (SSSR count). The van der Waals surface area contributed by atoms with Crippen LogP contribution in [-0.4, -0.2) is 34.5 Å². The monoisotopic (exact) mass is 266 g/mol. The average Bonchev–Trinajstić information content (AvgIpc) is 2.64. The van der Waals surface area contributed by atoms with E-state index in [0.717, 1.165) is 6.42 Å². The van der Waals surface area contributed by atoms with Crippen LogP contribution >= 0.6 is 23.2 Å². The molecule has 0 amide bonds. The standard InChI is InChI=1S/C10H16Cl2N2O2/c1-16-6-5-14-10(8(12)7-13-14)9(15)3-2-4-11/h7,9,15H,2-6H2,1H3. The molecule has 0 spiro atoms. The second-order valence-electron chi connectivity index (χ2n) is 3.44. The zero-order chi connectivity index (χ0) is 12.0. The molecular formula is C10H16Cl2N2O2. The highest BCUT2D eigenvalue weighted by Crippen LogP contribution is 2.26. The maximum absolute atomic E-state index is 9.96. The maximum atomic E-state index is 9.96. The van der Waals surface area contributed by atoms with Crippen molar-refractivity contribution in [1.82, 2.24) is 9.78 Å². The number of hydrogen-bond acceptors (Lipinski definition) is 3. The topological polar surface area (TPSA) is 47.3 Å². The first-order valence-corrected chi connectivity index (χ1v) is 6.06. The number of aromatic nitrogens is 2. The van der Waals surface area contributed by atoms with Gasteiger partial charge in [-0.15, -0.1) is 11.6 Å². The Morgan fingerprint density at radius 2 is 2.38 bits per heavy atom. The van der Waals surface area contributed by atoms with Crippen LogP contribution in [0, 0.1) is 0 Å². The second-order valence-corrected chi connectivity index (χ2v) is 4.23. The molecule has 0 saturated heterocycles. The molecule has 16 heavy (non-hydrogen) atoms. The molecule has 1 aromatic rings. The molecule has 0 aliphatic heterocycles. The van der Waals surface area contributed by atoms with Gasteiger partial charge in [-0.1, -0.05) is 11.6 Å². The van der Waals surface area contributed by atoms with Gasteiger partial charge in [-0.2, -0.15) is 5.10 Å². The number of aliphatic hydroxyl groups is 1. The first-order chi connectivity index (χ1) is 7.70. The van der Waals surface area contributed by atoms with Crippen molar-refractivity contribution in [3.05, 3.63) is 16.9 Å². The number of nitrogens with zero attached hydrogens (tertiary/aromatic N) is 2. The van der Waals surface area contributed by atoms with Crippen molar-refractivity contribution in [3.63, 3.8) is 0 Å². The number of alkyl halides is 1. The molecule has 0 aromatic carbocycles. The maximum Gasteiger partial charge on any atom is 0.0972 e. The predicted molar refractivity (Wildman–Crippen MR) is 64.0 cm³/mol. The van der Waals surface area contributed by atoms with Gasteiger partial charge in [-0.25, -0.2) is 0 Å². The van der Waals surface area contributed by atoms with Gasteiger partial charge in [0.2, 0.25) is 0 Å². The molecule has 1 unspecified atom stereocenters. The van der Waals surface area contributed by atoms with Crippen LogP contribution in [0.4, 0.5) is 0 Å². The SMILES string of the molecule is COCCn1ncc(Cl)c1C(O)CCCCl. The summed E-state index contributed by atoms with van der Waals surface area (Å²) in [6.45, 7) is 1.11. The molecular weight excluding hydrogens is 251 g/mol. The summed E-state index contributed by atoms with van der Waals surface area (Å²) in [4.78, 5) is 0. The second kappa shape index (κ2) is 7.12. The van der Waals surface area contributed by atoms with Crippen LogP contribution in [0.2, 0.25) is 5.02 Å². The van der Waals surface area contributed by atoms with E-state index < -0.39 is 6.10 Å². The van der Waals surface area contributed by atoms with Crippen LogP contribution in [0.25, 0.3) is 0 Å². The van der Waals surface area contributed by atoms with Gasteiger partial charge in [0, 0.05) is 13.0 Å². The minimum absolute atomic E-state index is 0.484. The van der Waals surface area contributed by atoms with E-state index in [9.17, 15) is 5.11 Å². The third kappa shape index (κ3) is 3.63. The molecule has 1 heterocycles. The fraction of sp³-hybridized carbons (Fsp3) is 0.700. The Balaban J connectivity index is 2.71. The number of aliphatic hydroxyl groups excluding tert-OH is 1. The number of ether oxygens (including phenoxy) is 1. The molecule has 0 aliphatic carbocycles. The van der Waals surface area contributed by atoms with Crippen LogP contribution in [-0.2, 0) is 11.3 Å². The highest BCUT2D eigenvalue weighted by atomic mass is 35.5. The van der Waals surface area contributed by atoms with Crippen molar-refractivity contribution in [1.29, 1.82) is 0 Å². The lowest BCUT2D eigenvalue weighted by Crippen LogP contribution is -2.13. The average molecular weight is 267 g/mol. The van der Waals surface area contributed by atoms with Crippen LogP contribution < -0.4 is 0 Å². The molecule has 92 valence electrons. The van der Waals surface area contributed by atoms with E-state index >= 15 is 0 Å². The van der Waals surface area contributed by atoms with E-state index in [1.807, 2.05) is 0 Å². The van der Waals surface area contributed by atoms with Crippen LogP contribution in [0.3, 0.4) is 0 Å². The predicted octanol–water partition coefficient (Wildman–Crippen LogP) is 2.24. The summed E-state index contributed by atoms with van der Waals surface area (Å²) in [5.41, 5.74) is 0.642. The highest BCUT2D eigenvalue weighted by molar-refractivity contribution is 6.31. The quantitative estimate of drug-likeness (QED) is 0.771. The number of halogens is 2. The van der Waals surface area contributed by atoms with Gasteiger partial charge in [0.25, 0.3) is 0 Å². The summed E-state index contributed by atoms with van der Waals surface area (Å²) in [6.07, 6.45) is 2.25. The molecule has 0 radical (unpaired) electrons. The molecule has 1 atom stereocenters. The van der Waals surface area contributed by atoms with Gasteiger partial charge in [0.05, 0.1) is 36.2 Å². The van der Waals surface area contributed by atoms with Gasteiger partial charge >= 0.3 is 0 Å². The minimum atomic E-state index is -0.620. The molecule has 0 bridgehead atoms. The van der Waals surface area contributed by atoms with Gasteiger partial charge in [-0.05, 0) is 12.8 Å². The fourth-order valence-electron chi connectivity index (χ4n) is 1.47. The van der Waals surface area contributed by atoms with Crippen molar-refractivity contribution in [3.8, 4) is 0 Å². The van der Waals surface area contributed by atoms with E-state index in [1.54, 1.807) is 11.8 Å². The van der Waals surface area contributed by atoms with Gasteiger partial charge in [-0.3, -0.25) is 4.68 Å². The van der Waals surface area contributed by atoms with Gasteiger partial charge in [0.15, 0.2) is 0 Å². The van der Waals surface area contributed by atoms with Crippen LogP contribution in [0.5, 0.6) is 0 Å². The van der Waals surface area contributed by atoms with Crippen molar-refractivity contribution in [2.24, 2.45) is 0 Å². The fourth-order valence-corrected chi connectivity index (χ4v) is 1.89. The molecule has 1 N–H and O–H groups in total. The van der Waals surface area contributed by atoms with E-state index in [2.05, 4.69) is 5.10 Å². The largest absolute Gasteiger partial charge is 0.387 e. The highest BCUT2D eigenvalue weighted by Gasteiger charge is 2.17. The zero-order valence-corrected chi connectivity index (χ0v) is 10.7. The third-order valence-corrected chi connectivity index (χ3v) is 2.83. The van der Waals surface area contributed by atoms with Crippen molar-refractivity contribution < 1.29 is 9.84 Å². The van der Waals surface area contributed by atoms with E-state index in [-0.39, 0.29) is 0 Å². The Labute approximate surface area is 105 Å². The Kier molecular flexibility index (Phi) is 6.13. The Morgan fingerprint density at radius 3 is 3.00 bits per heavy atom. The molecule has 4 nitrogen and oxygen atoms in total. The molecule has 0 saturated carbocycles. The molecule has 0 fully saturated rings. The van der Waals surface area contributed by atoms with Gasteiger partial charge in [0.1, 0.15) is 0 Å². The normalized spacial score (nSPS) is 13.0. The van der Waals surface area contributed by atoms with E-state index in [0.29, 0.717) is 36.2 Å². The smallest absolute Gasteiger partial charge is 0.0972 e. The van der Waals surface area contributed by atoms with Crippen LogP contribution in [0.15, 0.2) is 6.20 Å². The lowest BCUT2D eigenvalue weighted by molar-refractivity contribution is 0.145. The summed E-state index contributed by atoms with van der Waals surface area (Å²) < 4.78 is 6.64. The zero-order valence-electron chi connectivity index (χ0n) is 9.20. The van der Waals surface area contributed by atoms with Crippen molar-refractivity contribution in [2.45, 2.75) is 25.5 Å². The Bertz CT molecular complexity index is 318. The van der Waals surface area contributed by atoms with Gasteiger partial charge < -0.3 is 9.84 Å². The third-order valence-electron chi connectivity index (χ3n) is 2.27. The molecule has 6 heteroatoms. The summed E-state index contributed by atoms with van der Waals surface area (Å²) in [5.74, 6) is 0.529. The number of hydrogen-bond donors (Lipinski definition) is 1. The van der Waals surface area contributed by atoms with Crippen LogP contribution in [0.1, 0.15) is 24.6 Å². The first-order valence-electron chi connectivity index (χ1n) is 5.14. The summed E-state index contributed by atoms with van der Waals surface area (Å²) in [5, 5.41) is 14.5. The number of methoxy groups -OCH3 is 1. The number of rotatable bonds is 7.